The first-order valence-corrected chi connectivity index (χ1v) is 8.68. The summed E-state index contributed by atoms with van der Waals surface area (Å²) in [5.74, 6) is 0.689. The molecule has 1 saturated heterocycles. The van der Waals surface area contributed by atoms with Gasteiger partial charge in [-0.05, 0) is 31.1 Å². The van der Waals surface area contributed by atoms with E-state index in [0.29, 0.717) is 6.54 Å². The summed E-state index contributed by atoms with van der Waals surface area (Å²) in [6.07, 6.45) is 6.60. The zero-order valence-corrected chi connectivity index (χ0v) is 14.4. The number of fused-ring (bicyclic) bond motifs is 1. The average molecular weight is 348 g/mol. The Bertz CT molecular complexity index is 936. The molecule has 1 unspecified atom stereocenters. The van der Waals surface area contributed by atoms with Crippen molar-refractivity contribution < 1.29 is 4.79 Å². The zero-order valence-electron chi connectivity index (χ0n) is 14.4. The van der Waals surface area contributed by atoms with Crippen LogP contribution in [0.4, 0.5) is 11.5 Å². The quantitative estimate of drug-likeness (QED) is 0.734. The third-order valence-corrected chi connectivity index (χ3v) is 4.66. The summed E-state index contributed by atoms with van der Waals surface area (Å²) < 4.78 is 1.91. The van der Waals surface area contributed by atoms with Crippen LogP contribution < -0.4 is 5.32 Å². The average Bonchev–Trinajstić information content (AvgIpc) is 3.13. The van der Waals surface area contributed by atoms with Crippen molar-refractivity contribution in [3.05, 3.63) is 55.5 Å². The van der Waals surface area contributed by atoms with Crippen molar-refractivity contribution in [1.29, 1.82) is 0 Å². The van der Waals surface area contributed by atoms with Gasteiger partial charge in [0, 0.05) is 18.8 Å². The molecule has 1 aromatic carbocycles. The molecule has 0 spiro atoms. The molecule has 0 bridgehead atoms. The molecule has 4 rings (SSSR count). The molecule has 2 aromatic heterocycles. The van der Waals surface area contributed by atoms with Crippen molar-refractivity contribution in [2.75, 3.05) is 18.4 Å². The summed E-state index contributed by atoms with van der Waals surface area (Å²) in [6, 6.07) is 9.98. The van der Waals surface area contributed by atoms with E-state index in [1.807, 2.05) is 39.9 Å². The van der Waals surface area contributed by atoms with Gasteiger partial charge in [0.15, 0.2) is 5.65 Å². The lowest BCUT2D eigenvalue weighted by Gasteiger charge is -2.32. The number of hydrogen-bond acceptors (Lipinski definition) is 5. The van der Waals surface area contributed by atoms with Crippen molar-refractivity contribution in [3.63, 3.8) is 0 Å². The number of rotatable bonds is 4. The maximum absolute atomic E-state index is 11.9. The molecule has 1 atom stereocenters. The minimum Gasteiger partial charge on any atom is -0.340 e. The van der Waals surface area contributed by atoms with E-state index in [9.17, 15) is 4.79 Å². The summed E-state index contributed by atoms with van der Waals surface area (Å²) in [4.78, 5) is 22.6. The zero-order chi connectivity index (χ0) is 17.9. The molecule has 3 aromatic rings. The van der Waals surface area contributed by atoms with Crippen LogP contribution in [-0.4, -0.2) is 43.6 Å². The van der Waals surface area contributed by atoms with Gasteiger partial charge in [-0.1, -0.05) is 24.8 Å². The number of nitrogens with one attached hydrogen (secondary N) is 1. The summed E-state index contributed by atoms with van der Waals surface area (Å²) in [5, 5.41) is 8.73. The topological polar surface area (TPSA) is 75.9 Å². The van der Waals surface area contributed by atoms with Gasteiger partial charge in [-0.2, -0.15) is 5.10 Å². The van der Waals surface area contributed by atoms with Crippen LogP contribution >= 0.6 is 0 Å². The Morgan fingerprint density at radius 1 is 1.27 bits per heavy atom. The highest BCUT2D eigenvalue weighted by atomic mass is 16.2. The Morgan fingerprint density at radius 3 is 2.92 bits per heavy atom. The van der Waals surface area contributed by atoms with Crippen LogP contribution in [0.1, 0.15) is 18.9 Å². The number of anilines is 2. The van der Waals surface area contributed by atoms with Crippen LogP contribution in [-0.2, 0) is 4.79 Å². The van der Waals surface area contributed by atoms with E-state index in [1.165, 1.54) is 6.08 Å². The number of carbonyl (C=O) groups excluding carboxylic acids is 1. The van der Waals surface area contributed by atoms with Crippen molar-refractivity contribution in [2.24, 2.45) is 0 Å². The second kappa shape index (κ2) is 6.95. The van der Waals surface area contributed by atoms with Crippen LogP contribution in [0.5, 0.6) is 0 Å². The summed E-state index contributed by atoms with van der Waals surface area (Å²) >= 11 is 0. The van der Waals surface area contributed by atoms with Gasteiger partial charge in [0.1, 0.15) is 12.1 Å². The predicted octanol–water partition coefficient (Wildman–Crippen LogP) is 2.92. The molecule has 0 saturated carbocycles. The number of aromatic nitrogens is 4. The Labute approximate surface area is 151 Å². The molecular weight excluding hydrogens is 328 g/mol. The van der Waals surface area contributed by atoms with Gasteiger partial charge in [0.2, 0.25) is 5.91 Å². The number of likely N-dealkylation sites (tertiary alicyclic amines) is 1. The van der Waals surface area contributed by atoms with Crippen LogP contribution in [0, 0.1) is 0 Å². The number of nitrogens with zero attached hydrogens (tertiary/aromatic N) is 5. The van der Waals surface area contributed by atoms with Crippen molar-refractivity contribution in [3.8, 4) is 0 Å². The molecule has 7 heteroatoms. The third kappa shape index (κ3) is 3.03. The largest absolute Gasteiger partial charge is 0.340 e. The molecule has 132 valence electrons. The summed E-state index contributed by atoms with van der Waals surface area (Å²) in [6.45, 7) is 4.96. The standard InChI is InChI=1S/C19H20N6O/c1-2-17(26)24-10-6-9-15(12-24)25-19-16(11-22-25)18(20-13-21-19)23-14-7-4-3-5-8-14/h2-5,7-8,11,13,15H,1,6,9-10,12H2,(H,20,21,23). The highest BCUT2D eigenvalue weighted by molar-refractivity contribution is 5.88. The number of carbonyl (C=O) groups is 1. The first-order valence-electron chi connectivity index (χ1n) is 8.68. The number of hydrogen-bond donors (Lipinski definition) is 1. The van der Waals surface area contributed by atoms with Gasteiger partial charge >= 0.3 is 0 Å². The molecule has 7 nitrogen and oxygen atoms in total. The maximum atomic E-state index is 11.9. The molecule has 1 amide bonds. The number of amides is 1. The number of para-hydroxylation sites is 1. The minimum absolute atomic E-state index is 0.0350. The van der Waals surface area contributed by atoms with E-state index >= 15 is 0 Å². The first-order chi connectivity index (χ1) is 12.8. The van der Waals surface area contributed by atoms with Crippen LogP contribution in [0.2, 0.25) is 0 Å². The van der Waals surface area contributed by atoms with Gasteiger partial charge in [-0.15, -0.1) is 0 Å². The van der Waals surface area contributed by atoms with Crippen molar-refractivity contribution >= 4 is 28.4 Å². The van der Waals surface area contributed by atoms with Crippen LogP contribution in [0.3, 0.4) is 0 Å². The predicted molar refractivity (Wildman–Crippen MR) is 100 cm³/mol. The van der Waals surface area contributed by atoms with E-state index in [2.05, 4.69) is 27.0 Å². The second-order valence-electron chi connectivity index (χ2n) is 6.32. The highest BCUT2D eigenvalue weighted by Crippen LogP contribution is 2.28. The lowest BCUT2D eigenvalue weighted by molar-refractivity contribution is -0.127. The number of piperidine rings is 1. The molecule has 0 aliphatic carbocycles. The molecule has 26 heavy (non-hydrogen) atoms. The van der Waals surface area contributed by atoms with Gasteiger partial charge < -0.3 is 10.2 Å². The fraction of sp³-hybridized carbons (Fsp3) is 0.263. The van der Waals surface area contributed by atoms with E-state index in [0.717, 1.165) is 41.9 Å². The normalized spacial score (nSPS) is 17.2. The Morgan fingerprint density at radius 2 is 2.12 bits per heavy atom. The van der Waals surface area contributed by atoms with Gasteiger partial charge in [0.25, 0.3) is 0 Å². The fourth-order valence-corrected chi connectivity index (χ4v) is 3.37. The van der Waals surface area contributed by atoms with Gasteiger partial charge in [-0.3, -0.25) is 4.79 Å². The smallest absolute Gasteiger partial charge is 0.246 e. The van der Waals surface area contributed by atoms with Crippen molar-refractivity contribution in [1.82, 2.24) is 24.6 Å². The lowest BCUT2D eigenvalue weighted by atomic mass is 10.1. The first kappa shape index (κ1) is 16.3. The summed E-state index contributed by atoms with van der Waals surface area (Å²) in [7, 11) is 0. The Hall–Kier alpha value is -3.22. The molecule has 0 radical (unpaired) electrons. The summed E-state index contributed by atoms with van der Waals surface area (Å²) in [5.41, 5.74) is 1.73. The van der Waals surface area contributed by atoms with Gasteiger partial charge in [-0.25, -0.2) is 14.6 Å². The molecule has 1 N–H and O–H groups in total. The lowest BCUT2D eigenvalue weighted by Crippen LogP contribution is -2.40. The molecule has 1 aliphatic heterocycles. The SMILES string of the molecule is C=CC(=O)N1CCCC(n2ncc3c(Nc4ccccc4)ncnc32)C1. The molecule has 1 aliphatic rings. The second-order valence-corrected chi connectivity index (χ2v) is 6.32. The Kier molecular flexibility index (Phi) is 4.35. The fourth-order valence-electron chi connectivity index (χ4n) is 3.37. The van der Waals surface area contributed by atoms with E-state index in [4.69, 9.17) is 0 Å². The minimum atomic E-state index is -0.0350. The van der Waals surface area contributed by atoms with Crippen molar-refractivity contribution in [2.45, 2.75) is 18.9 Å². The maximum Gasteiger partial charge on any atom is 0.246 e. The van der Waals surface area contributed by atoms with Crippen LogP contribution in [0.15, 0.2) is 55.5 Å². The van der Waals surface area contributed by atoms with E-state index in [1.54, 1.807) is 12.5 Å². The monoisotopic (exact) mass is 348 g/mol. The molecule has 1 fully saturated rings. The molecular formula is C19H20N6O. The van der Waals surface area contributed by atoms with E-state index < -0.39 is 0 Å². The van der Waals surface area contributed by atoms with E-state index in [-0.39, 0.29) is 11.9 Å². The molecule has 3 heterocycles. The third-order valence-electron chi connectivity index (χ3n) is 4.66. The van der Waals surface area contributed by atoms with Gasteiger partial charge in [0.05, 0.1) is 17.6 Å². The highest BCUT2D eigenvalue weighted by Gasteiger charge is 2.26. The number of benzene rings is 1. The Balaban J connectivity index is 1.64. The van der Waals surface area contributed by atoms with Crippen LogP contribution in [0.25, 0.3) is 11.0 Å².